The second-order valence-corrected chi connectivity index (χ2v) is 16.3. The van der Waals surface area contributed by atoms with E-state index in [0.29, 0.717) is 24.5 Å². The number of piperazine rings is 1. The molecule has 3 heterocycles. The van der Waals surface area contributed by atoms with E-state index in [2.05, 4.69) is 80.5 Å². The Morgan fingerprint density at radius 2 is 1.43 bits per heavy atom. The summed E-state index contributed by atoms with van der Waals surface area (Å²) in [6.45, 7) is 8.18. The van der Waals surface area contributed by atoms with Gasteiger partial charge >= 0.3 is 0 Å². The number of para-hydroxylation sites is 1. The summed E-state index contributed by atoms with van der Waals surface area (Å²) in [4.78, 5) is 4.99. The molecule has 0 radical (unpaired) electrons. The maximum absolute atomic E-state index is 12.6. The molecule has 8 nitrogen and oxygen atoms in total. The Kier molecular flexibility index (Phi) is 11.1. The number of aryl methyl sites for hydroxylation is 1. The molecule has 51 heavy (non-hydrogen) atoms. The second kappa shape index (κ2) is 15.9. The molecule has 7 rings (SSSR count). The molecule has 0 unspecified atom stereocenters. The SMILES string of the molecule is CS(=O)(=O)N1CCc2c(c(-c3ccc(Cl)c(-c4ccc(CNCc5ccc(Cl)cc5)cc4)c3)nn2CCCN2CCN(c3ccccc3)CC2)C1. The van der Waals surface area contributed by atoms with Crippen LogP contribution in [0, 0.1) is 0 Å². The van der Waals surface area contributed by atoms with Crippen molar-refractivity contribution in [1.29, 1.82) is 0 Å². The van der Waals surface area contributed by atoms with Crippen LogP contribution >= 0.6 is 23.2 Å². The van der Waals surface area contributed by atoms with Crippen molar-refractivity contribution in [3.8, 4) is 22.4 Å². The summed E-state index contributed by atoms with van der Waals surface area (Å²) in [5, 5.41) is 10.1. The quantitative estimate of drug-likeness (QED) is 0.144. The fourth-order valence-corrected chi connectivity index (χ4v) is 8.27. The van der Waals surface area contributed by atoms with Gasteiger partial charge in [0.25, 0.3) is 0 Å². The van der Waals surface area contributed by atoms with Crippen molar-refractivity contribution < 1.29 is 8.42 Å². The molecule has 2 aliphatic rings. The van der Waals surface area contributed by atoms with Crippen molar-refractivity contribution in [2.24, 2.45) is 0 Å². The Balaban J connectivity index is 1.05. The Morgan fingerprint density at radius 1 is 0.765 bits per heavy atom. The number of halogens is 2. The van der Waals surface area contributed by atoms with Gasteiger partial charge in [-0.1, -0.05) is 83.9 Å². The van der Waals surface area contributed by atoms with Crippen LogP contribution in [0.15, 0.2) is 97.1 Å². The second-order valence-electron chi connectivity index (χ2n) is 13.5. The van der Waals surface area contributed by atoms with Gasteiger partial charge in [-0.25, -0.2) is 8.42 Å². The minimum Gasteiger partial charge on any atom is -0.369 e. The monoisotopic (exact) mass is 742 g/mol. The van der Waals surface area contributed by atoms with Crippen molar-refractivity contribution in [2.45, 2.75) is 39.0 Å². The van der Waals surface area contributed by atoms with E-state index >= 15 is 0 Å². The molecule has 1 aromatic heterocycles. The average Bonchev–Trinajstić information content (AvgIpc) is 3.51. The largest absolute Gasteiger partial charge is 0.369 e. The van der Waals surface area contributed by atoms with Crippen LogP contribution in [0.25, 0.3) is 22.4 Å². The number of sulfonamides is 1. The third kappa shape index (κ3) is 8.68. The van der Waals surface area contributed by atoms with E-state index in [1.54, 1.807) is 4.31 Å². The van der Waals surface area contributed by atoms with Crippen LogP contribution in [0.5, 0.6) is 0 Å². The summed E-state index contributed by atoms with van der Waals surface area (Å²) in [7, 11) is -3.35. The molecule has 0 spiro atoms. The summed E-state index contributed by atoms with van der Waals surface area (Å²) in [5.41, 5.74) is 9.46. The Labute approximate surface area is 311 Å². The summed E-state index contributed by atoms with van der Waals surface area (Å²) >= 11 is 12.8. The summed E-state index contributed by atoms with van der Waals surface area (Å²) < 4.78 is 29.0. The standard InChI is InChI=1S/C40H44Cl2N6O2S/c1-51(49,50)47-21-18-39-37(29-47)40(44-48(39)20-5-19-45-22-24-46(25-23-45)35-6-3-2-4-7-35)33-14-17-38(42)36(26-33)32-12-8-30(9-13-32)27-43-28-31-10-15-34(41)16-11-31/h2-4,6-17,26,43H,5,18-25,27-29H2,1H3. The van der Waals surface area contributed by atoms with Gasteiger partial charge in [0.15, 0.2) is 0 Å². The lowest BCUT2D eigenvalue weighted by Crippen LogP contribution is -2.46. The number of nitrogens with one attached hydrogen (secondary N) is 1. The normalized spacial score (nSPS) is 15.6. The first-order chi connectivity index (χ1) is 24.7. The van der Waals surface area contributed by atoms with Crippen LogP contribution < -0.4 is 10.2 Å². The van der Waals surface area contributed by atoms with E-state index in [-0.39, 0.29) is 0 Å². The van der Waals surface area contributed by atoms with E-state index in [9.17, 15) is 8.42 Å². The van der Waals surface area contributed by atoms with Crippen molar-refractivity contribution in [3.63, 3.8) is 0 Å². The Bertz CT molecular complexity index is 2050. The van der Waals surface area contributed by atoms with Crippen LogP contribution in [0.2, 0.25) is 10.0 Å². The molecule has 0 aliphatic carbocycles. The third-order valence-corrected chi connectivity index (χ3v) is 11.8. The number of hydrogen-bond acceptors (Lipinski definition) is 6. The van der Waals surface area contributed by atoms with Crippen molar-refractivity contribution in [3.05, 3.63) is 129 Å². The number of rotatable bonds is 12. The van der Waals surface area contributed by atoms with Crippen LogP contribution in [-0.4, -0.2) is 72.9 Å². The highest BCUT2D eigenvalue weighted by atomic mass is 35.5. The van der Waals surface area contributed by atoms with Crippen LogP contribution in [0.3, 0.4) is 0 Å². The lowest BCUT2D eigenvalue weighted by molar-refractivity contribution is 0.248. The molecule has 1 N–H and O–H groups in total. The number of fused-ring (bicyclic) bond motifs is 1. The van der Waals surface area contributed by atoms with E-state index in [1.807, 2.05) is 36.4 Å². The first-order valence-corrected chi connectivity index (χ1v) is 20.2. The van der Waals surface area contributed by atoms with Gasteiger partial charge in [0.2, 0.25) is 10.0 Å². The predicted octanol–water partition coefficient (Wildman–Crippen LogP) is 7.34. The molecular formula is C40H44Cl2N6O2S. The minimum atomic E-state index is -3.35. The number of benzene rings is 4. The molecule has 0 saturated carbocycles. The predicted molar refractivity (Wildman–Crippen MR) is 209 cm³/mol. The maximum Gasteiger partial charge on any atom is 0.211 e. The van der Waals surface area contributed by atoms with Gasteiger partial charge in [0.1, 0.15) is 0 Å². The highest BCUT2D eigenvalue weighted by Gasteiger charge is 2.30. The molecule has 11 heteroatoms. The molecule has 266 valence electrons. The highest BCUT2D eigenvalue weighted by Crippen LogP contribution is 2.36. The zero-order valence-corrected chi connectivity index (χ0v) is 31.3. The third-order valence-electron chi connectivity index (χ3n) is 9.98. The highest BCUT2D eigenvalue weighted by molar-refractivity contribution is 7.88. The molecule has 4 aromatic carbocycles. The fourth-order valence-electron chi connectivity index (χ4n) is 7.13. The number of nitrogens with zero attached hydrogens (tertiary/aromatic N) is 5. The van der Waals surface area contributed by atoms with E-state index < -0.39 is 10.0 Å². The van der Waals surface area contributed by atoms with Crippen LogP contribution in [-0.2, 0) is 42.6 Å². The minimum absolute atomic E-state index is 0.320. The van der Waals surface area contributed by atoms with E-state index in [0.717, 1.165) is 97.4 Å². The zero-order chi connectivity index (χ0) is 35.4. The van der Waals surface area contributed by atoms with Crippen molar-refractivity contribution in [2.75, 3.05) is 50.4 Å². The van der Waals surface area contributed by atoms with Gasteiger partial charge in [-0.2, -0.15) is 9.40 Å². The molecule has 5 aromatic rings. The summed E-state index contributed by atoms with van der Waals surface area (Å²) in [6.07, 6.45) is 2.90. The zero-order valence-electron chi connectivity index (χ0n) is 28.9. The Morgan fingerprint density at radius 3 is 2.12 bits per heavy atom. The molecule has 1 fully saturated rings. The molecule has 0 bridgehead atoms. The summed E-state index contributed by atoms with van der Waals surface area (Å²) in [5.74, 6) is 0. The van der Waals surface area contributed by atoms with Gasteiger partial charge in [-0.3, -0.25) is 9.58 Å². The van der Waals surface area contributed by atoms with Gasteiger partial charge in [0, 0.05) is 110 Å². The van der Waals surface area contributed by atoms with Gasteiger partial charge in [-0.15, -0.1) is 0 Å². The van der Waals surface area contributed by atoms with Gasteiger partial charge in [-0.05, 0) is 59.5 Å². The lowest BCUT2D eigenvalue weighted by atomic mass is 9.97. The Hall–Kier alpha value is -3.70. The molecular weight excluding hydrogens is 699 g/mol. The average molecular weight is 744 g/mol. The van der Waals surface area contributed by atoms with Gasteiger partial charge in [0.05, 0.1) is 11.9 Å². The smallest absolute Gasteiger partial charge is 0.211 e. The number of aromatic nitrogens is 2. The maximum atomic E-state index is 12.6. The first-order valence-electron chi connectivity index (χ1n) is 17.6. The summed E-state index contributed by atoms with van der Waals surface area (Å²) in [6, 6.07) is 33.0. The van der Waals surface area contributed by atoms with E-state index in [1.165, 1.54) is 23.1 Å². The molecule has 0 amide bonds. The molecule has 2 aliphatic heterocycles. The lowest BCUT2D eigenvalue weighted by Gasteiger charge is -2.36. The van der Waals surface area contributed by atoms with Crippen molar-refractivity contribution >= 4 is 38.9 Å². The van der Waals surface area contributed by atoms with Crippen LogP contribution in [0.1, 0.15) is 28.8 Å². The fraction of sp³-hybridized carbons (Fsp3) is 0.325. The number of hydrogen-bond donors (Lipinski definition) is 1. The first kappa shape index (κ1) is 35.7. The molecule has 0 atom stereocenters. The molecule has 1 saturated heterocycles. The topological polar surface area (TPSA) is 73.7 Å². The number of anilines is 1. The van der Waals surface area contributed by atoms with Crippen LogP contribution in [0.4, 0.5) is 5.69 Å². The van der Waals surface area contributed by atoms with Crippen molar-refractivity contribution in [1.82, 2.24) is 24.3 Å². The van der Waals surface area contributed by atoms with Gasteiger partial charge < -0.3 is 10.2 Å². The van der Waals surface area contributed by atoms with E-state index in [4.69, 9.17) is 28.3 Å².